The Hall–Kier alpha value is -3.43. The molecule has 1 saturated heterocycles. The fraction of sp³-hybridized carbons (Fsp3) is 0.464. The SMILES string of the molecule is CCc1nn(C)c2c1/C=C\c1nn(C3CCCCO3)c3ccc(cc13)-c1cnn(C)c1O[C@@H](C)COC2. The second-order valence-electron chi connectivity index (χ2n) is 9.93. The van der Waals surface area contributed by atoms with E-state index in [1.165, 1.54) is 0 Å². The molecule has 2 atom stereocenters. The number of aryl methyl sites for hydroxylation is 3. The van der Waals surface area contributed by atoms with Gasteiger partial charge in [-0.1, -0.05) is 13.0 Å². The molecule has 9 nitrogen and oxygen atoms in total. The van der Waals surface area contributed by atoms with Crippen LogP contribution < -0.4 is 4.74 Å². The van der Waals surface area contributed by atoms with Crippen molar-refractivity contribution in [2.24, 2.45) is 14.1 Å². The second kappa shape index (κ2) is 9.79. The summed E-state index contributed by atoms with van der Waals surface area (Å²) in [6, 6.07) is 6.45. The number of benzene rings is 1. The first-order chi connectivity index (χ1) is 18.0. The molecule has 0 spiro atoms. The van der Waals surface area contributed by atoms with Crippen molar-refractivity contribution >= 4 is 23.1 Å². The summed E-state index contributed by atoms with van der Waals surface area (Å²) in [6.07, 6.45) is 9.94. The summed E-state index contributed by atoms with van der Waals surface area (Å²) in [4.78, 5) is 0. The third kappa shape index (κ3) is 4.36. The quantitative estimate of drug-likeness (QED) is 0.388. The van der Waals surface area contributed by atoms with Gasteiger partial charge in [0.25, 0.3) is 0 Å². The molecule has 194 valence electrons. The van der Waals surface area contributed by atoms with Crippen molar-refractivity contribution in [2.75, 3.05) is 13.2 Å². The van der Waals surface area contributed by atoms with Crippen LogP contribution in [0.3, 0.4) is 0 Å². The van der Waals surface area contributed by atoms with E-state index in [2.05, 4.69) is 47.1 Å². The lowest BCUT2D eigenvalue weighted by molar-refractivity contribution is -0.0367. The summed E-state index contributed by atoms with van der Waals surface area (Å²) in [5.74, 6) is 0.722. The molecule has 1 unspecified atom stereocenters. The molecule has 0 aliphatic carbocycles. The molecule has 4 aromatic rings. The van der Waals surface area contributed by atoms with Crippen LogP contribution in [0.2, 0.25) is 0 Å². The van der Waals surface area contributed by atoms with E-state index < -0.39 is 0 Å². The van der Waals surface area contributed by atoms with Gasteiger partial charge in [0.15, 0.2) is 6.23 Å². The number of nitrogens with zero attached hydrogens (tertiary/aromatic N) is 6. The average molecular weight is 503 g/mol. The minimum absolute atomic E-state index is 0.0541. The van der Waals surface area contributed by atoms with Crippen LogP contribution in [0.5, 0.6) is 5.88 Å². The van der Waals surface area contributed by atoms with Gasteiger partial charge in [0.2, 0.25) is 5.88 Å². The van der Waals surface area contributed by atoms with Crippen molar-refractivity contribution < 1.29 is 14.2 Å². The highest BCUT2D eigenvalue weighted by atomic mass is 16.5. The smallest absolute Gasteiger partial charge is 0.219 e. The molecule has 0 amide bonds. The van der Waals surface area contributed by atoms with Gasteiger partial charge in [-0.2, -0.15) is 15.3 Å². The fourth-order valence-corrected chi connectivity index (χ4v) is 5.32. The van der Waals surface area contributed by atoms with Crippen molar-refractivity contribution in [1.82, 2.24) is 29.3 Å². The molecule has 1 fully saturated rings. The number of fused-ring (bicyclic) bond motifs is 4. The monoisotopic (exact) mass is 502 g/mol. The van der Waals surface area contributed by atoms with E-state index in [1.54, 1.807) is 4.68 Å². The Morgan fingerprint density at radius 1 is 1.08 bits per heavy atom. The van der Waals surface area contributed by atoms with Crippen LogP contribution in [0, 0.1) is 0 Å². The van der Waals surface area contributed by atoms with Crippen LogP contribution in [-0.2, 0) is 36.6 Å². The molecule has 6 rings (SSSR count). The molecule has 2 aliphatic heterocycles. The van der Waals surface area contributed by atoms with Gasteiger partial charge in [0, 0.05) is 31.7 Å². The minimum Gasteiger partial charge on any atom is -0.472 e. The topological polar surface area (TPSA) is 81.2 Å². The van der Waals surface area contributed by atoms with E-state index in [0.29, 0.717) is 13.2 Å². The first-order valence-corrected chi connectivity index (χ1v) is 13.2. The molecule has 2 bridgehead atoms. The van der Waals surface area contributed by atoms with E-state index >= 15 is 0 Å². The number of hydrogen-bond donors (Lipinski definition) is 0. The standard InChI is InChI=1S/C28H34N6O3/c1-5-23-20-10-11-24-21-14-19(9-12-25(21)34(31-24)27-8-6-7-13-36-27)22-15-29-33(4)28(22)37-18(2)16-35-17-26(20)32(3)30-23/h9-12,14-15,18,27H,5-8,13,16-17H2,1-4H3/b11-10-/t18-,27?/m0/s1. The maximum Gasteiger partial charge on any atom is 0.219 e. The van der Waals surface area contributed by atoms with Gasteiger partial charge in [-0.25, -0.2) is 9.36 Å². The summed E-state index contributed by atoms with van der Waals surface area (Å²) in [6.45, 7) is 5.82. The summed E-state index contributed by atoms with van der Waals surface area (Å²) >= 11 is 0. The Balaban J connectivity index is 1.55. The largest absolute Gasteiger partial charge is 0.472 e. The van der Waals surface area contributed by atoms with Crippen LogP contribution in [0.15, 0.2) is 24.4 Å². The summed E-state index contributed by atoms with van der Waals surface area (Å²) in [7, 11) is 3.88. The van der Waals surface area contributed by atoms with Gasteiger partial charge >= 0.3 is 0 Å². The van der Waals surface area contributed by atoms with Gasteiger partial charge in [-0.3, -0.25) is 4.68 Å². The van der Waals surface area contributed by atoms with Crippen LogP contribution in [0.4, 0.5) is 0 Å². The molecule has 3 aromatic heterocycles. The zero-order valence-corrected chi connectivity index (χ0v) is 22.0. The predicted molar refractivity (Wildman–Crippen MR) is 142 cm³/mol. The summed E-state index contributed by atoms with van der Waals surface area (Å²) in [5, 5.41) is 15.4. The normalized spacial score (nSPS) is 21.2. The Bertz CT molecular complexity index is 1460. The molecule has 9 heteroatoms. The van der Waals surface area contributed by atoms with Crippen LogP contribution in [-0.4, -0.2) is 48.7 Å². The van der Waals surface area contributed by atoms with E-state index in [4.69, 9.17) is 24.4 Å². The molecule has 2 aliphatic rings. The van der Waals surface area contributed by atoms with Gasteiger partial charge in [-0.05, 0) is 62.5 Å². The molecule has 1 aromatic carbocycles. The highest BCUT2D eigenvalue weighted by Crippen LogP contribution is 2.36. The van der Waals surface area contributed by atoms with Crippen LogP contribution >= 0.6 is 0 Å². The Morgan fingerprint density at radius 2 is 1.97 bits per heavy atom. The fourth-order valence-electron chi connectivity index (χ4n) is 5.32. The molecule has 37 heavy (non-hydrogen) atoms. The van der Waals surface area contributed by atoms with E-state index in [0.717, 1.165) is 82.8 Å². The zero-order valence-electron chi connectivity index (χ0n) is 22.0. The third-order valence-corrected chi connectivity index (χ3v) is 7.29. The lowest BCUT2D eigenvalue weighted by atomic mass is 10.0. The first kappa shape index (κ1) is 23.9. The number of ether oxygens (including phenoxy) is 3. The Morgan fingerprint density at radius 3 is 2.78 bits per heavy atom. The minimum atomic E-state index is -0.150. The van der Waals surface area contributed by atoms with Gasteiger partial charge < -0.3 is 14.2 Å². The van der Waals surface area contributed by atoms with Crippen molar-refractivity contribution in [1.29, 1.82) is 0 Å². The maximum absolute atomic E-state index is 6.35. The highest BCUT2D eigenvalue weighted by molar-refractivity contribution is 5.93. The molecular formula is C28H34N6O3. The second-order valence-corrected chi connectivity index (χ2v) is 9.93. The molecule has 0 radical (unpaired) electrons. The Labute approximate surface area is 216 Å². The molecular weight excluding hydrogens is 468 g/mol. The predicted octanol–water partition coefficient (Wildman–Crippen LogP) is 4.90. The van der Waals surface area contributed by atoms with Crippen molar-refractivity contribution in [3.8, 4) is 17.0 Å². The Kier molecular flexibility index (Phi) is 6.34. The molecule has 5 heterocycles. The van der Waals surface area contributed by atoms with Gasteiger partial charge in [0.1, 0.15) is 6.10 Å². The van der Waals surface area contributed by atoms with Crippen molar-refractivity contribution in [2.45, 2.75) is 58.5 Å². The number of aromatic nitrogens is 6. The van der Waals surface area contributed by atoms with Crippen molar-refractivity contribution in [3.63, 3.8) is 0 Å². The summed E-state index contributed by atoms with van der Waals surface area (Å²) in [5.41, 5.74) is 7.12. The molecule has 0 N–H and O–H groups in total. The first-order valence-electron chi connectivity index (χ1n) is 13.2. The lowest BCUT2D eigenvalue weighted by Crippen LogP contribution is -2.21. The van der Waals surface area contributed by atoms with Crippen LogP contribution in [0.25, 0.3) is 34.2 Å². The van der Waals surface area contributed by atoms with Crippen molar-refractivity contribution in [3.05, 3.63) is 47.0 Å². The average Bonchev–Trinajstić information content (AvgIpc) is 3.55. The van der Waals surface area contributed by atoms with Gasteiger partial charge in [-0.15, -0.1) is 0 Å². The third-order valence-electron chi connectivity index (χ3n) is 7.29. The van der Waals surface area contributed by atoms with E-state index in [9.17, 15) is 0 Å². The number of hydrogen-bond acceptors (Lipinski definition) is 6. The van der Waals surface area contributed by atoms with Gasteiger partial charge in [0.05, 0.1) is 47.6 Å². The number of rotatable bonds is 2. The van der Waals surface area contributed by atoms with E-state index in [-0.39, 0.29) is 12.3 Å². The molecule has 0 saturated carbocycles. The summed E-state index contributed by atoms with van der Waals surface area (Å²) < 4.78 is 24.4. The zero-order chi connectivity index (χ0) is 25.5. The maximum atomic E-state index is 6.35. The van der Waals surface area contributed by atoms with Crippen LogP contribution in [0.1, 0.15) is 62.0 Å². The van der Waals surface area contributed by atoms with E-state index in [1.807, 2.05) is 31.9 Å². The lowest BCUT2D eigenvalue weighted by Gasteiger charge is -2.23. The highest BCUT2D eigenvalue weighted by Gasteiger charge is 2.23.